The first-order valence-electron chi connectivity index (χ1n) is 7.60. The van der Waals surface area contributed by atoms with Crippen LogP contribution in [0.3, 0.4) is 0 Å². The topological polar surface area (TPSA) is 66.8 Å². The van der Waals surface area contributed by atoms with E-state index in [9.17, 15) is 14.7 Å². The predicted molar refractivity (Wildman–Crippen MR) is 87.7 cm³/mol. The van der Waals surface area contributed by atoms with Crippen molar-refractivity contribution in [2.75, 3.05) is 6.54 Å². The van der Waals surface area contributed by atoms with Gasteiger partial charge >= 0.3 is 5.97 Å². The van der Waals surface area contributed by atoms with Crippen molar-refractivity contribution in [3.05, 3.63) is 29.3 Å². The van der Waals surface area contributed by atoms with Gasteiger partial charge in [0.15, 0.2) is 0 Å². The Labute approximate surface area is 141 Å². The molecule has 0 aliphatic carbocycles. The van der Waals surface area contributed by atoms with Crippen molar-refractivity contribution in [2.45, 2.75) is 45.8 Å². The first-order valence-corrected chi connectivity index (χ1v) is 7.98. The molecule has 0 unspecified atom stereocenters. The van der Waals surface area contributed by atoms with Gasteiger partial charge in [0.05, 0.1) is 6.54 Å². The molecule has 1 aromatic rings. The second-order valence-electron chi connectivity index (χ2n) is 7.07. The molecular weight excluding hydrogens is 318 g/mol. The van der Waals surface area contributed by atoms with Crippen LogP contribution in [-0.2, 0) is 9.59 Å². The molecule has 0 aromatic heterocycles. The van der Waals surface area contributed by atoms with Gasteiger partial charge in [-0.1, -0.05) is 32.4 Å². The summed E-state index contributed by atoms with van der Waals surface area (Å²) >= 11 is 5.83. The smallest absolute Gasteiger partial charge is 0.326 e. The van der Waals surface area contributed by atoms with E-state index in [0.29, 0.717) is 17.2 Å². The molecule has 2 rings (SSSR count). The average molecular weight is 340 g/mol. The van der Waals surface area contributed by atoms with Gasteiger partial charge in [-0.2, -0.15) is 0 Å². The number of hydrogen-bond donors (Lipinski definition) is 1. The number of likely N-dealkylation sites (tertiary alicyclic amines) is 1. The fraction of sp³-hybridized carbons (Fsp3) is 0.529. The van der Waals surface area contributed by atoms with E-state index >= 15 is 0 Å². The number of benzene rings is 1. The number of rotatable bonds is 4. The van der Waals surface area contributed by atoms with Crippen LogP contribution in [-0.4, -0.2) is 40.6 Å². The highest BCUT2D eigenvalue weighted by Gasteiger charge is 2.41. The third-order valence-corrected chi connectivity index (χ3v) is 3.92. The van der Waals surface area contributed by atoms with Crippen LogP contribution >= 0.6 is 11.6 Å². The van der Waals surface area contributed by atoms with Crippen LogP contribution in [0.15, 0.2) is 24.3 Å². The van der Waals surface area contributed by atoms with Crippen LogP contribution in [0.5, 0.6) is 5.75 Å². The van der Waals surface area contributed by atoms with Gasteiger partial charge in [-0.15, -0.1) is 0 Å². The van der Waals surface area contributed by atoms with Gasteiger partial charge in [-0.25, -0.2) is 4.79 Å². The quantitative estimate of drug-likeness (QED) is 0.914. The van der Waals surface area contributed by atoms with Crippen molar-refractivity contribution >= 4 is 23.5 Å². The Bertz CT molecular complexity index is 579. The molecule has 2 atom stereocenters. The lowest BCUT2D eigenvalue weighted by Crippen LogP contribution is -2.42. The fourth-order valence-electron chi connectivity index (χ4n) is 2.65. The summed E-state index contributed by atoms with van der Waals surface area (Å²) < 4.78 is 5.81. The third kappa shape index (κ3) is 4.86. The normalized spacial score (nSPS) is 21.3. The zero-order valence-electron chi connectivity index (χ0n) is 13.6. The summed E-state index contributed by atoms with van der Waals surface area (Å²) in [6, 6.07) is 6.06. The van der Waals surface area contributed by atoms with Gasteiger partial charge in [0.1, 0.15) is 17.9 Å². The lowest BCUT2D eigenvalue weighted by molar-refractivity contribution is -0.148. The number of carboxylic acids is 1. The molecule has 1 N–H and O–H groups in total. The molecule has 0 radical (unpaired) electrons. The van der Waals surface area contributed by atoms with Crippen molar-refractivity contribution in [3.8, 4) is 5.75 Å². The van der Waals surface area contributed by atoms with Crippen LogP contribution in [0.4, 0.5) is 0 Å². The molecule has 1 heterocycles. The Kier molecular flexibility index (Phi) is 5.19. The fourth-order valence-corrected chi connectivity index (χ4v) is 2.78. The highest BCUT2D eigenvalue weighted by molar-refractivity contribution is 6.30. The van der Waals surface area contributed by atoms with Crippen LogP contribution in [0.2, 0.25) is 5.02 Å². The van der Waals surface area contributed by atoms with E-state index in [4.69, 9.17) is 16.3 Å². The molecule has 5 nitrogen and oxygen atoms in total. The Balaban J connectivity index is 2.06. The summed E-state index contributed by atoms with van der Waals surface area (Å²) in [6.45, 7) is 6.16. The molecule has 0 spiro atoms. The summed E-state index contributed by atoms with van der Waals surface area (Å²) in [4.78, 5) is 25.3. The van der Waals surface area contributed by atoms with E-state index < -0.39 is 12.0 Å². The van der Waals surface area contributed by atoms with Crippen molar-refractivity contribution in [1.82, 2.24) is 4.90 Å². The third-order valence-electron chi connectivity index (χ3n) is 3.67. The molecule has 1 aliphatic rings. The van der Waals surface area contributed by atoms with Gasteiger partial charge in [-0.05, 0) is 29.7 Å². The zero-order chi connectivity index (χ0) is 17.2. The second kappa shape index (κ2) is 6.79. The summed E-state index contributed by atoms with van der Waals surface area (Å²) in [5.41, 5.74) is -0.185. The molecule has 1 aliphatic heterocycles. The summed E-state index contributed by atoms with van der Waals surface area (Å²) in [7, 11) is 0. The lowest BCUT2D eigenvalue weighted by Gasteiger charge is -2.25. The maximum Gasteiger partial charge on any atom is 0.326 e. The minimum absolute atomic E-state index is 0.146. The first kappa shape index (κ1) is 17.6. The zero-order valence-corrected chi connectivity index (χ0v) is 14.3. The Morgan fingerprint density at radius 1 is 1.30 bits per heavy atom. The van der Waals surface area contributed by atoms with Crippen molar-refractivity contribution < 1.29 is 19.4 Å². The summed E-state index contributed by atoms with van der Waals surface area (Å²) in [5, 5.41) is 9.99. The van der Waals surface area contributed by atoms with Gasteiger partial charge in [0, 0.05) is 17.9 Å². The molecule has 1 aromatic carbocycles. The van der Waals surface area contributed by atoms with Crippen LogP contribution in [0, 0.1) is 5.41 Å². The molecule has 6 heteroatoms. The number of aliphatic carboxylic acids is 1. The number of carboxylic acid groups (broad SMARTS) is 1. The molecule has 0 saturated carbocycles. The minimum Gasteiger partial charge on any atom is -0.488 e. The minimum atomic E-state index is -0.991. The van der Waals surface area contributed by atoms with Gasteiger partial charge in [0.2, 0.25) is 5.91 Å². The standard InChI is InChI=1S/C17H22ClNO4/c1-17(2,3)9-15(20)19-10-13(8-14(19)16(21)22)23-12-6-4-11(18)5-7-12/h4-7,13-14H,8-10H2,1-3H3,(H,21,22)/t13-,14-/m0/s1. The van der Waals surface area contributed by atoms with Crippen LogP contribution in [0.25, 0.3) is 0 Å². The highest BCUT2D eigenvalue weighted by Crippen LogP contribution is 2.27. The molecule has 1 fully saturated rings. The van der Waals surface area contributed by atoms with Crippen molar-refractivity contribution in [3.63, 3.8) is 0 Å². The SMILES string of the molecule is CC(C)(C)CC(=O)N1C[C@@H](Oc2ccc(Cl)cc2)C[C@H]1C(=O)O. The van der Waals surface area contributed by atoms with Gasteiger partial charge in [0.25, 0.3) is 0 Å². The Morgan fingerprint density at radius 2 is 1.91 bits per heavy atom. The maximum absolute atomic E-state index is 12.4. The Hall–Kier alpha value is -1.75. The second-order valence-corrected chi connectivity index (χ2v) is 7.50. The van der Waals surface area contributed by atoms with E-state index in [1.165, 1.54) is 4.90 Å². The first-order chi connectivity index (χ1) is 10.7. The number of ether oxygens (including phenoxy) is 1. The molecule has 23 heavy (non-hydrogen) atoms. The van der Waals surface area contributed by atoms with Crippen molar-refractivity contribution in [1.29, 1.82) is 0 Å². The van der Waals surface area contributed by atoms with Crippen LogP contribution in [0.1, 0.15) is 33.6 Å². The lowest BCUT2D eigenvalue weighted by atomic mass is 9.91. The number of hydrogen-bond acceptors (Lipinski definition) is 3. The van der Waals surface area contributed by atoms with E-state index in [0.717, 1.165) is 0 Å². The average Bonchev–Trinajstić information content (AvgIpc) is 2.84. The van der Waals surface area contributed by atoms with Crippen molar-refractivity contribution in [2.24, 2.45) is 5.41 Å². The van der Waals surface area contributed by atoms with E-state index in [1.54, 1.807) is 24.3 Å². The number of amides is 1. The highest BCUT2D eigenvalue weighted by atomic mass is 35.5. The number of carbonyl (C=O) groups excluding carboxylic acids is 1. The number of nitrogens with zero attached hydrogens (tertiary/aromatic N) is 1. The molecule has 126 valence electrons. The molecule has 1 saturated heterocycles. The van der Waals surface area contributed by atoms with E-state index in [1.807, 2.05) is 20.8 Å². The summed E-state index contributed by atoms with van der Waals surface area (Å²) in [5.74, 6) is -0.518. The van der Waals surface area contributed by atoms with Crippen LogP contribution < -0.4 is 4.74 Å². The predicted octanol–water partition coefficient (Wildman–Crippen LogP) is 3.21. The molecule has 1 amide bonds. The van der Waals surface area contributed by atoms with E-state index in [2.05, 4.69) is 0 Å². The number of halogens is 1. The molecular formula is C17H22ClNO4. The maximum atomic E-state index is 12.4. The monoisotopic (exact) mass is 339 g/mol. The van der Waals surface area contributed by atoms with Gasteiger partial charge in [-0.3, -0.25) is 4.79 Å². The number of carbonyl (C=O) groups is 2. The summed E-state index contributed by atoms with van der Waals surface area (Å²) in [6.07, 6.45) is 0.263. The molecule has 0 bridgehead atoms. The van der Waals surface area contributed by atoms with Gasteiger partial charge < -0.3 is 14.7 Å². The van der Waals surface area contributed by atoms with E-state index in [-0.39, 0.29) is 30.4 Å². The Morgan fingerprint density at radius 3 is 2.43 bits per heavy atom. The largest absolute Gasteiger partial charge is 0.488 e.